The lowest BCUT2D eigenvalue weighted by Crippen LogP contribution is -2.01. The number of anilines is 1. The van der Waals surface area contributed by atoms with E-state index >= 15 is 0 Å². The van der Waals surface area contributed by atoms with Gasteiger partial charge in [0, 0.05) is 19.7 Å². The van der Waals surface area contributed by atoms with Crippen LogP contribution in [0.1, 0.15) is 0 Å². The Morgan fingerprint density at radius 2 is 1.78 bits per heavy atom. The van der Waals surface area contributed by atoms with E-state index in [4.69, 9.17) is 5.73 Å². The fourth-order valence-electron chi connectivity index (χ4n) is 2.78. The molecule has 0 atom stereocenters. The van der Waals surface area contributed by atoms with E-state index in [1.807, 2.05) is 53.6 Å². The van der Waals surface area contributed by atoms with E-state index < -0.39 is 0 Å². The maximum absolute atomic E-state index is 5.98. The fourth-order valence-corrected chi connectivity index (χ4v) is 2.78. The van der Waals surface area contributed by atoms with Crippen LogP contribution in [0.3, 0.4) is 0 Å². The molecule has 0 saturated carbocycles. The highest BCUT2D eigenvalue weighted by molar-refractivity contribution is 5.87. The van der Waals surface area contributed by atoms with Crippen molar-refractivity contribution in [3.63, 3.8) is 0 Å². The third-order valence-electron chi connectivity index (χ3n) is 3.89. The van der Waals surface area contributed by atoms with E-state index in [2.05, 4.69) is 19.9 Å². The summed E-state index contributed by atoms with van der Waals surface area (Å²) >= 11 is 0. The van der Waals surface area contributed by atoms with Crippen molar-refractivity contribution in [2.75, 3.05) is 5.73 Å². The van der Waals surface area contributed by atoms with Gasteiger partial charge in [-0.15, -0.1) is 0 Å². The molecule has 2 N–H and O–H groups in total. The van der Waals surface area contributed by atoms with E-state index in [9.17, 15) is 0 Å². The summed E-state index contributed by atoms with van der Waals surface area (Å²) in [5.74, 6) is 1.17. The molecule has 7 heteroatoms. The number of nitrogen functional groups attached to an aromatic ring is 1. The maximum Gasteiger partial charge on any atom is 0.183 e. The van der Waals surface area contributed by atoms with Crippen LogP contribution < -0.4 is 5.73 Å². The molecule has 0 aliphatic heterocycles. The third-order valence-corrected chi connectivity index (χ3v) is 3.89. The third kappa shape index (κ3) is 1.97. The van der Waals surface area contributed by atoms with Crippen LogP contribution in [-0.2, 0) is 14.1 Å². The summed E-state index contributed by atoms with van der Waals surface area (Å²) in [7, 11) is 3.86. The Morgan fingerprint density at radius 3 is 2.52 bits per heavy atom. The highest BCUT2D eigenvalue weighted by Crippen LogP contribution is 2.32. The minimum atomic E-state index is 0.416. The number of imidazole rings is 2. The first-order chi connectivity index (χ1) is 11.2. The van der Waals surface area contributed by atoms with Gasteiger partial charge in [-0.3, -0.25) is 0 Å². The molecule has 0 bridgehead atoms. The standard InChI is InChI=1S/C16H15N7/c1-22-9-20-11(10-6-4-3-5-7-10)12(22)16-21-15-13(23(16)2)14(17)18-8-19-15/h3-9H,1-2H3,(H2,17,18,19). The van der Waals surface area contributed by atoms with Gasteiger partial charge in [0.2, 0.25) is 0 Å². The summed E-state index contributed by atoms with van der Waals surface area (Å²) in [6, 6.07) is 10.0. The molecule has 0 aliphatic carbocycles. The van der Waals surface area contributed by atoms with Crippen molar-refractivity contribution in [1.29, 1.82) is 0 Å². The van der Waals surface area contributed by atoms with Gasteiger partial charge in [0.05, 0.1) is 12.0 Å². The monoisotopic (exact) mass is 305 g/mol. The first-order valence-electron chi connectivity index (χ1n) is 7.17. The summed E-state index contributed by atoms with van der Waals surface area (Å²) in [5, 5.41) is 0. The van der Waals surface area contributed by atoms with E-state index in [0.29, 0.717) is 11.5 Å². The SMILES string of the molecule is Cn1cnc(-c2ccccc2)c1-c1nc2ncnc(N)c2n1C. The molecular weight excluding hydrogens is 290 g/mol. The highest BCUT2D eigenvalue weighted by atomic mass is 15.2. The van der Waals surface area contributed by atoms with Crippen LogP contribution >= 0.6 is 0 Å². The lowest BCUT2D eigenvalue weighted by molar-refractivity contribution is 0.881. The average Bonchev–Trinajstić information content (AvgIpc) is 3.09. The zero-order valence-electron chi connectivity index (χ0n) is 12.8. The summed E-state index contributed by atoms with van der Waals surface area (Å²) in [5.41, 5.74) is 10.1. The summed E-state index contributed by atoms with van der Waals surface area (Å²) in [6.45, 7) is 0. The van der Waals surface area contributed by atoms with Gasteiger partial charge in [-0.05, 0) is 0 Å². The zero-order chi connectivity index (χ0) is 16.0. The Labute approximate surface area is 132 Å². The topological polar surface area (TPSA) is 87.4 Å². The van der Waals surface area contributed by atoms with Crippen LogP contribution in [0.2, 0.25) is 0 Å². The second-order valence-corrected chi connectivity index (χ2v) is 5.34. The molecule has 0 unspecified atom stereocenters. The predicted molar refractivity (Wildman–Crippen MR) is 88.4 cm³/mol. The number of fused-ring (bicyclic) bond motifs is 1. The maximum atomic E-state index is 5.98. The molecule has 0 aliphatic rings. The molecule has 0 fully saturated rings. The van der Waals surface area contributed by atoms with Crippen molar-refractivity contribution >= 4 is 17.0 Å². The Kier molecular flexibility index (Phi) is 2.87. The molecule has 0 amide bonds. The van der Waals surface area contributed by atoms with Crippen molar-refractivity contribution in [2.45, 2.75) is 0 Å². The highest BCUT2D eigenvalue weighted by Gasteiger charge is 2.20. The van der Waals surface area contributed by atoms with E-state index in [0.717, 1.165) is 28.3 Å². The average molecular weight is 305 g/mol. The lowest BCUT2D eigenvalue weighted by atomic mass is 10.1. The Morgan fingerprint density at radius 1 is 1.00 bits per heavy atom. The number of aryl methyl sites for hydroxylation is 2. The molecule has 1 aromatic carbocycles. The van der Waals surface area contributed by atoms with Gasteiger partial charge >= 0.3 is 0 Å². The van der Waals surface area contributed by atoms with E-state index in [1.54, 1.807) is 6.33 Å². The summed E-state index contributed by atoms with van der Waals surface area (Å²) < 4.78 is 3.86. The second-order valence-electron chi connectivity index (χ2n) is 5.34. The van der Waals surface area contributed by atoms with Crippen molar-refractivity contribution in [2.24, 2.45) is 14.1 Å². The Hall–Kier alpha value is -3.22. The molecular formula is C16H15N7. The number of hydrogen-bond acceptors (Lipinski definition) is 5. The minimum Gasteiger partial charge on any atom is -0.382 e. The largest absolute Gasteiger partial charge is 0.382 e. The van der Waals surface area contributed by atoms with E-state index in [1.165, 1.54) is 6.33 Å². The zero-order valence-corrected chi connectivity index (χ0v) is 12.8. The quantitative estimate of drug-likeness (QED) is 0.612. The molecule has 4 rings (SSSR count). The van der Waals surface area contributed by atoms with Crippen molar-refractivity contribution in [3.8, 4) is 22.8 Å². The normalized spacial score (nSPS) is 11.2. The molecule has 3 aromatic heterocycles. The molecule has 0 saturated heterocycles. The van der Waals surface area contributed by atoms with Gasteiger partial charge in [0.1, 0.15) is 17.5 Å². The number of rotatable bonds is 2. The lowest BCUT2D eigenvalue weighted by Gasteiger charge is -2.07. The van der Waals surface area contributed by atoms with Crippen molar-refractivity contribution < 1.29 is 0 Å². The number of aromatic nitrogens is 6. The van der Waals surface area contributed by atoms with Crippen LogP contribution in [0.5, 0.6) is 0 Å². The fraction of sp³-hybridized carbons (Fsp3) is 0.125. The first-order valence-corrected chi connectivity index (χ1v) is 7.17. The van der Waals surface area contributed by atoms with Crippen LogP contribution in [0.15, 0.2) is 43.0 Å². The van der Waals surface area contributed by atoms with Crippen molar-refractivity contribution in [1.82, 2.24) is 29.1 Å². The molecule has 114 valence electrons. The molecule has 7 nitrogen and oxygen atoms in total. The van der Waals surface area contributed by atoms with Gasteiger partial charge in [0.15, 0.2) is 17.3 Å². The van der Waals surface area contributed by atoms with E-state index in [-0.39, 0.29) is 0 Å². The first kappa shape index (κ1) is 13.4. The molecule has 0 spiro atoms. The predicted octanol–water partition coefficient (Wildman–Crippen LogP) is 2.01. The van der Waals surface area contributed by atoms with Crippen LogP contribution in [0.4, 0.5) is 5.82 Å². The number of nitrogens with zero attached hydrogens (tertiary/aromatic N) is 6. The Balaban J connectivity index is 2.01. The molecule has 0 radical (unpaired) electrons. The number of hydrogen-bond donors (Lipinski definition) is 1. The van der Waals surface area contributed by atoms with Crippen molar-refractivity contribution in [3.05, 3.63) is 43.0 Å². The Bertz CT molecular complexity index is 998. The van der Waals surface area contributed by atoms with Crippen LogP contribution in [-0.4, -0.2) is 29.1 Å². The summed E-state index contributed by atoms with van der Waals surface area (Å²) in [4.78, 5) is 17.4. The second kappa shape index (κ2) is 4.91. The van der Waals surface area contributed by atoms with Crippen LogP contribution in [0.25, 0.3) is 33.9 Å². The molecule has 3 heterocycles. The van der Waals surface area contributed by atoms with Gasteiger partial charge in [-0.1, -0.05) is 30.3 Å². The van der Waals surface area contributed by atoms with Gasteiger partial charge in [0.25, 0.3) is 0 Å². The smallest absolute Gasteiger partial charge is 0.183 e. The number of nitrogens with two attached hydrogens (primary N) is 1. The number of benzene rings is 1. The van der Waals surface area contributed by atoms with Gasteiger partial charge in [-0.25, -0.2) is 19.9 Å². The summed E-state index contributed by atoms with van der Waals surface area (Å²) in [6.07, 6.45) is 3.21. The van der Waals surface area contributed by atoms with Gasteiger partial charge < -0.3 is 14.9 Å². The molecule has 23 heavy (non-hydrogen) atoms. The molecule has 4 aromatic rings. The van der Waals surface area contributed by atoms with Gasteiger partial charge in [-0.2, -0.15) is 0 Å². The minimum absolute atomic E-state index is 0.416. The van der Waals surface area contributed by atoms with Crippen LogP contribution in [0, 0.1) is 0 Å².